The molecule has 0 spiro atoms. The molecule has 0 radical (unpaired) electrons. The van der Waals surface area contributed by atoms with Crippen LogP contribution in [0.1, 0.15) is 0 Å². The van der Waals surface area contributed by atoms with Crippen molar-refractivity contribution in [3.8, 4) is 0 Å². The number of carbonyl (C=O) groups excluding carboxylic acids is 2. The molecule has 0 saturated heterocycles. The number of hydrogen-bond acceptors (Lipinski definition) is 3. The molecule has 0 aliphatic carbocycles. The fraction of sp³-hybridized carbons (Fsp3) is 0. The number of amides is 2. The zero-order chi connectivity index (χ0) is 16.3. The van der Waals surface area contributed by atoms with Crippen molar-refractivity contribution < 1.29 is 9.59 Å². The Morgan fingerprint density at radius 3 is 2.14 bits per heavy atom. The molecule has 2 rings (SSSR count). The van der Waals surface area contributed by atoms with Crippen LogP contribution in [-0.2, 0) is 9.59 Å². The van der Waals surface area contributed by atoms with E-state index in [0.29, 0.717) is 16.4 Å². The third-order valence-corrected chi connectivity index (χ3v) is 3.68. The molecule has 0 bridgehead atoms. The van der Waals surface area contributed by atoms with Crippen molar-refractivity contribution in [3.05, 3.63) is 51.5 Å². The average molecular weight is 359 g/mol. The molecular weight excluding hydrogens is 349 g/mol. The molecule has 0 fully saturated rings. The van der Waals surface area contributed by atoms with Crippen LogP contribution >= 0.6 is 34.8 Å². The highest BCUT2D eigenvalue weighted by Crippen LogP contribution is 2.26. The molecule has 0 saturated carbocycles. The summed E-state index contributed by atoms with van der Waals surface area (Å²) in [5.41, 5.74) is 6.62. The van der Waals surface area contributed by atoms with Crippen molar-refractivity contribution in [2.75, 3.05) is 16.4 Å². The molecule has 2 amide bonds. The molecule has 114 valence electrons. The molecule has 8 heteroatoms. The van der Waals surface area contributed by atoms with E-state index in [9.17, 15) is 9.59 Å². The molecule has 5 nitrogen and oxygen atoms in total. The van der Waals surface area contributed by atoms with Gasteiger partial charge in [0.1, 0.15) is 0 Å². The Morgan fingerprint density at radius 1 is 0.818 bits per heavy atom. The van der Waals surface area contributed by atoms with Crippen LogP contribution in [0.2, 0.25) is 15.1 Å². The van der Waals surface area contributed by atoms with Crippen LogP contribution in [0.15, 0.2) is 36.4 Å². The van der Waals surface area contributed by atoms with Gasteiger partial charge in [-0.1, -0.05) is 34.8 Å². The quantitative estimate of drug-likeness (QED) is 0.564. The minimum atomic E-state index is -0.877. The topological polar surface area (TPSA) is 84.2 Å². The van der Waals surface area contributed by atoms with E-state index >= 15 is 0 Å². The highest BCUT2D eigenvalue weighted by molar-refractivity contribution is 6.45. The molecule has 0 unspecified atom stereocenters. The molecule has 22 heavy (non-hydrogen) atoms. The number of nitrogens with two attached hydrogens (primary N) is 1. The summed E-state index contributed by atoms with van der Waals surface area (Å²) in [5, 5.41) is 5.63. The Labute approximate surface area is 141 Å². The molecule has 2 aromatic rings. The minimum absolute atomic E-state index is 0.232. The fourth-order valence-electron chi connectivity index (χ4n) is 1.57. The molecule has 0 heterocycles. The van der Waals surface area contributed by atoms with Crippen molar-refractivity contribution in [2.24, 2.45) is 0 Å². The van der Waals surface area contributed by atoms with Gasteiger partial charge in [0.2, 0.25) is 0 Å². The SMILES string of the molecule is Nc1ccc(NC(=O)C(=O)Nc2ccc(Cl)c(Cl)c2)c(Cl)c1. The summed E-state index contributed by atoms with van der Waals surface area (Å²) in [7, 11) is 0. The standard InChI is InChI=1S/C14H10Cl3N3O2/c15-9-3-2-8(6-10(9)16)19-13(21)14(22)20-12-4-1-7(18)5-11(12)17/h1-6H,18H2,(H,19,21)(H,20,22). The average Bonchev–Trinajstić information content (AvgIpc) is 2.45. The minimum Gasteiger partial charge on any atom is -0.399 e. The van der Waals surface area contributed by atoms with Crippen molar-refractivity contribution in [1.29, 1.82) is 0 Å². The first-order valence-corrected chi connectivity index (χ1v) is 7.12. The predicted molar refractivity (Wildman–Crippen MR) is 89.6 cm³/mol. The second-order valence-electron chi connectivity index (χ2n) is 4.28. The molecule has 0 aromatic heterocycles. The van der Waals surface area contributed by atoms with Gasteiger partial charge >= 0.3 is 11.8 Å². The Bertz CT molecular complexity index is 750. The van der Waals surface area contributed by atoms with Gasteiger partial charge in [-0.2, -0.15) is 0 Å². The van der Waals surface area contributed by atoms with Gasteiger partial charge < -0.3 is 16.4 Å². The smallest absolute Gasteiger partial charge is 0.314 e. The summed E-state index contributed by atoms with van der Waals surface area (Å²) in [4.78, 5) is 23.7. The van der Waals surface area contributed by atoms with Gasteiger partial charge in [-0.05, 0) is 36.4 Å². The highest BCUT2D eigenvalue weighted by Gasteiger charge is 2.16. The molecular formula is C14H10Cl3N3O2. The van der Waals surface area contributed by atoms with Crippen LogP contribution in [0, 0.1) is 0 Å². The number of anilines is 3. The molecule has 0 atom stereocenters. The number of nitrogen functional groups attached to an aromatic ring is 1. The van der Waals surface area contributed by atoms with Crippen LogP contribution in [0.25, 0.3) is 0 Å². The zero-order valence-electron chi connectivity index (χ0n) is 11.0. The van der Waals surface area contributed by atoms with E-state index in [4.69, 9.17) is 40.5 Å². The van der Waals surface area contributed by atoms with Crippen LogP contribution in [-0.4, -0.2) is 11.8 Å². The molecule has 0 aliphatic rings. The Morgan fingerprint density at radius 2 is 1.50 bits per heavy atom. The van der Waals surface area contributed by atoms with E-state index in [1.54, 1.807) is 6.07 Å². The monoisotopic (exact) mass is 357 g/mol. The number of rotatable bonds is 2. The lowest BCUT2D eigenvalue weighted by atomic mass is 10.2. The maximum atomic E-state index is 11.8. The Hall–Kier alpha value is -1.95. The number of nitrogens with one attached hydrogen (secondary N) is 2. The second-order valence-corrected chi connectivity index (χ2v) is 5.50. The molecule has 0 aliphatic heterocycles. The largest absolute Gasteiger partial charge is 0.399 e. The highest BCUT2D eigenvalue weighted by atomic mass is 35.5. The van der Waals surface area contributed by atoms with Crippen LogP contribution < -0.4 is 16.4 Å². The lowest BCUT2D eigenvalue weighted by molar-refractivity contribution is -0.132. The van der Waals surface area contributed by atoms with E-state index < -0.39 is 11.8 Å². The van der Waals surface area contributed by atoms with Gasteiger partial charge in [-0.15, -0.1) is 0 Å². The first-order valence-electron chi connectivity index (χ1n) is 5.99. The maximum absolute atomic E-state index is 11.8. The Kier molecular flexibility index (Phi) is 5.13. The number of benzene rings is 2. The maximum Gasteiger partial charge on any atom is 0.314 e. The third-order valence-electron chi connectivity index (χ3n) is 2.63. The predicted octanol–water partition coefficient (Wildman–Crippen LogP) is 3.81. The van der Waals surface area contributed by atoms with Gasteiger partial charge in [-0.3, -0.25) is 9.59 Å². The number of carbonyl (C=O) groups is 2. The van der Waals surface area contributed by atoms with Gasteiger partial charge in [0.15, 0.2) is 0 Å². The lowest BCUT2D eigenvalue weighted by Crippen LogP contribution is -2.29. The van der Waals surface area contributed by atoms with Crippen LogP contribution in [0.5, 0.6) is 0 Å². The van der Waals surface area contributed by atoms with Gasteiger partial charge in [0.25, 0.3) is 0 Å². The van der Waals surface area contributed by atoms with Crippen molar-refractivity contribution in [1.82, 2.24) is 0 Å². The summed E-state index contributed by atoms with van der Waals surface area (Å²) < 4.78 is 0. The first-order chi connectivity index (χ1) is 10.4. The number of hydrogen-bond donors (Lipinski definition) is 3. The van der Waals surface area contributed by atoms with E-state index in [0.717, 1.165) is 0 Å². The van der Waals surface area contributed by atoms with Crippen LogP contribution in [0.4, 0.5) is 17.1 Å². The van der Waals surface area contributed by atoms with Crippen molar-refractivity contribution in [3.63, 3.8) is 0 Å². The van der Waals surface area contributed by atoms with E-state index in [1.165, 1.54) is 30.3 Å². The molecule has 2 aromatic carbocycles. The molecule has 4 N–H and O–H groups in total. The second kappa shape index (κ2) is 6.87. The summed E-state index contributed by atoms with van der Waals surface area (Å²) in [5.74, 6) is -1.75. The number of halogens is 3. The van der Waals surface area contributed by atoms with Crippen molar-refractivity contribution in [2.45, 2.75) is 0 Å². The van der Waals surface area contributed by atoms with Gasteiger partial charge in [0, 0.05) is 11.4 Å². The lowest BCUT2D eigenvalue weighted by Gasteiger charge is -2.09. The first kappa shape index (κ1) is 16.4. The normalized spacial score (nSPS) is 10.1. The van der Waals surface area contributed by atoms with Gasteiger partial charge in [0.05, 0.1) is 20.8 Å². The summed E-state index contributed by atoms with van der Waals surface area (Å²) in [6.45, 7) is 0. The van der Waals surface area contributed by atoms with Crippen LogP contribution in [0.3, 0.4) is 0 Å². The van der Waals surface area contributed by atoms with Gasteiger partial charge in [-0.25, -0.2) is 0 Å². The summed E-state index contributed by atoms with van der Waals surface area (Å²) >= 11 is 17.5. The summed E-state index contributed by atoms with van der Waals surface area (Å²) in [6.07, 6.45) is 0. The third kappa shape index (κ3) is 4.04. The summed E-state index contributed by atoms with van der Waals surface area (Å²) in [6, 6.07) is 8.99. The van der Waals surface area contributed by atoms with Crippen molar-refractivity contribution >= 4 is 63.7 Å². The van der Waals surface area contributed by atoms with E-state index in [-0.39, 0.29) is 15.7 Å². The van der Waals surface area contributed by atoms with E-state index in [2.05, 4.69) is 10.6 Å². The zero-order valence-corrected chi connectivity index (χ0v) is 13.3. The fourth-order valence-corrected chi connectivity index (χ4v) is 2.11. The Balaban J connectivity index is 2.05. The van der Waals surface area contributed by atoms with E-state index in [1.807, 2.05) is 0 Å².